The van der Waals surface area contributed by atoms with E-state index in [1.807, 2.05) is 0 Å². The molecule has 1 heteroatoms. The van der Waals surface area contributed by atoms with Crippen LogP contribution in [0.5, 0.6) is 0 Å². The van der Waals surface area contributed by atoms with Gasteiger partial charge in [0.1, 0.15) is 0 Å². The third kappa shape index (κ3) is 2.84. The molecule has 0 bridgehead atoms. The molecule has 1 nitrogen and oxygen atoms in total. The predicted molar refractivity (Wildman–Crippen MR) is 58.8 cm³/mol. The minimum Gasteiger partial charge on any atom is -0.311 e. The third-order valence-electron chi connectivity index (χ3n) is 3.36. The summed E-state index contributed by atoms with van der Waals surface area (Å²) in [6.07, 6.45) is 7.66. The monoisotopic (exact) mass is 181 g/mol. The Balaban J connectivity index is 2.38. The van der Waals surface area contributed by atoms with Crippen molar-refractivity contribution in [2.24, 2.45) is 11.8 Å². The molecule has 0 heterocycles. The minimum absolute atomic E-state index is 0.557. The molecule has 76 valence electrons. The Hall–Kier alpha value is -0.300. The van der Waals surface area contributed by atoms with E-state index in [4.69, 9.17) is 0 Å². The second-order valence-corrected chi connectivity index (χ2v) is 4.17. The SMILES string of the molecule is C=CC(NCC)C1CCC(CC)C1. The van der Waals surface area contributed by atoms with Gasteiger partial charge in [-0.2, -0.15) is 0 Å². The zero-order chi connectivity index (χ0) is 9.68. The second-order valence-electron chi connectivity index (χ2n) is 4.17. The van der Waals surface area contributed by atoms with Crippen LogP contribution < -0.4 is 5.32 Å². The van der Waals surface area contributed by atoms with Crippen LogP contribution in [0.3, 0.4) is 0 Å². The van der Waals surface area contributed by atoms with Gasteiger partial charge in [0.2, 0.25) is 0 Å². The van der Waals surface area contributed by atoms with Gasteiger partial charge in [0.05, 0.1) is 0 Å². The Morgan fingerprint density at radius 1 is 1.46 bits per heavy atom. The molecule has 1 fully saturated rings. The van der Waals surface area contributed by atoms with E-state index in [0.29, 0.717) is 6.04 Å². The summed E-state index contributed by atoms with van der Waals surface area (Å²) in [5.74, 6) is 1.83. The van der Waals surface area contributed by atoms with Crippen molar-refractivity contribution < 1.29 is 0 Å². The van der Waals surface area contributed by atoms with Gasteiger partial charge in [0, 0.05) is 6.04 Å². The van der Waals surface area contributed by atoms with E-state index in [1.54, 1.807) is 0 Å². The molecule has 0 aromatic rings. The van der Waals surface area contributed by atoms with Gasteiger partial charge < -0.3 is 5.32 Å². The van der Waals surface area contributed by atoms with Crippen molar-refractivity contribution in [1.29, 1.82) is 0 Å². The van der Waals surface area contributed by atoms with Crippen LogP contribution in [-0.2, 0) is 0 Å². The molecular formula is C12H23N. The summed E-state index contributed by atoms with van der Waals surface area (Å²) in [7, 11) is 0. The number of nitrogens with one attached hydrogen (secondary N) is 1. The van der Waals surface area contributed by atoms with Crippen LogP contribution in [0.15, 0.2) is 12.7 Å². The van der Waals surface area contributed by atoms with E-state index >= 15 is 0 Å². The summed E-state index contributed by atoms with van der Waals surface area (Å²) in [5, 5.41) is 3.50. The molecule has 0 amide bonds. The van der Waals surface area contributed by atoms with Gasteiger partial charge in [-0.05, 0) is 31.2 Å². The molecule has 0 aromatic heterocycles. The van der Waals surface area contributed by atoms with E-state index in [-0.39, 0.29) is 0 Å². The molecule has 1 N–H and O–H groups in total. The zero-order valence-electron chi connectivity index (χ0n) is 9.05. The van der Waals surface area contributed by atoms with Gasteiger partial charge in [0.15, 0.2) is 0 Å². The van der Waals surface area contributed by atoms with Crippen molar-refractivity contribution in [3.63, 3.8) is 0 Å². The van der Waals surface area contributed by atoms with E-state index < -0.39 is 0 Å². The first-order chi connectivity index (χ1) is 6.31. The van der Waals surface area contributed by atoms with Crippen molar-refractivity contribution in [1.82, 2.24) is 5.32 Å². The lowest BCUT2D eigenvalue weighted by molar-refractivity contribution is 0.400. The largest absolute Gasteiger partial charge is 0.311 e. The minimum atomic E-state index is 0.557. The molecule has 1 rings (SSSR count). The molecule has 1 aliphatic carbocycles. The first-order valence-electron chi connectivity index (χ1n) is 5.67. The topological polar surface area (TPSA) is 12.0 Å². The lowest BCUT2D eigenvalue weighted by Gasteiger charge is -2.20. The highest BCUT2D eigenvalue weighted by Crippen LogP contribution is 2.35. The first kappa shape index (κ1) is 10.8. The molecule has 0 radical (unpaired) electrons. The highest BCUT2D eigenvalue weighted by atomic mass is 14.9. The average Bonchev–Trinajstić information content (AvgIpc) is 2.62. The van der Waals surface area contributed by atoms with Crippen LogP contribution in [0.1, 0.15) is 39.5 Å². The molecule has 13 heavy (non-hydrogen) atoms. The fourth-order valence-corrected chi connectivity index (χ4v) is 2.49. The Bertz CT molecular complexity index is 153. The predicted octanol–water partition coefficient (Wildman–Crippen LogP) is 2.98. The molecule has 3 unspecified atom stereocenters. The summed E-state index contributed by atoms with van der Waals surface area (Å²) in [6.45, 7) is 9.45. The van der Waals surface area contributed by atoms with Crippen molar-refractivity contribution in [2.45, 2.75) is 45.6 Å². The van der Waals surface area contributed by atoms with Gasteiger partial charge in [-0.1, -0.05) is 32.8 Å². The number of hydrogen-bond acceptors (Lipinski definition) is 1. The average molecular weight is 181 g/mol. The Labute approximate surface area is 82.6 Å². The Kier molecular flexibility index (Phi) is 4.51. The van der Waals surface area contributed by atoms with Gasteiger partial charge in [-0.25, -0.2) is 0 Å². The number of likely N-dealkylation sites (N-methyl/N-ethyl adjacent to an activating group) is 1. The second kappa shape index (κ2) is 5.43. The zero-order valence-corrected chi connectivity index (χ0v) is 9.05. The standard InChI is InChI=1S/C12H23N/c1-4-10-7-8-11(9-10)12(5-2)13-6-3/h5,10-13H,2,4,6-9H2,1,3H3. The van der Waals surface area contributed by atoms with E-state index in [2.05, 4.69) is 31.8 Å². The molecule has 0 aromatic carbocycles. The molecule has 0 aliphatic heterocycles. The highest BCUT2D eigenvalue weighted by molar-refractivity contribution is 4.94. The molecule has 1 aliphatic rings. The van der Waals surface area contributed by atoms with Crippen molar-refractivity contribution in [3.8, 4) is 0 Å². The Morgan fingerprint density at radius 2 is 2.23 bits per heavy atom. The third-order valence-corrected chi connectivity index (χ3v) is 3.36. The van der Waals surface area contributed by atoms with E-state index in [1.165, 1.54) is 25.7 Å². The van der Waals surface area contributed by atoms with E-state index in [0.717, 1.165) is 18.4 Å². The van der Waals surface area contributed by atoms with Crippen molar-refractivity contribution >= 4 is 0 Å². The quantitative estimate of drug-likeness (QED) is 0.643. The molecular weight excluding hydrogens is 158 g/mol. The van der Waals surface area contributed by atoms with Crippen LogP contribution in [0.25, 0.3) is 0 Å². The first-order valence-corrected chi connectivity index (χ1v) is 5.67. The van der Waals surface area contributed by atoms with Crippen molar-refractivity contribution in [3.05, 3.63) is 12.7 Å². The summed E-state index contributed by atoms with van der Waals surface area (Å²) in [4.78, 5) is 0. The van der Waals surface area contributed by atoms with Crippen LogP contribution >= 0.6 is 0 Å². The van der Waals surface area contributed by atoms with Gasteiger partial charge in [-0.3, -0.25) is 0 Å². The maximum absolute atomic E-state index is 3.91. The maximum Gasteiger partial charge on any atom is 0.0275 e. The van der Waals surface area contributed by atoms with Crippen LogP contribution in [0.2, 0.25) is 0 Å². The molecule has 3 atom stereocenters. The van der Waals surface area contributed by atoms with Gasteiger partial charge in [0.25, 0.3) is 0 Å². The molecule has 1 saturated carbocycles. The highest BCUT2D eigenvalue weighted by Gasteiger charge is 2.27. The van der Waals surface area contributed by atoms with Gasteiger partial charge >= 0.3 is 0 Å². The van der Waals surface area contributed by atoms with Crippen LogP contribution in [0, 0.1) is 11.8 Å². The summed E-state index contributed by atoms with van der Waals surface area (Å²) < 4.78 is 0. The Morgan fingerprint density at radius 3 is 2.69 bits per heavy atom. The summed E-state index contributed by atoms with van der Waals surface area (Å²) >= 11 is 0. The van der Waals surface area contributed by atoms with Crippen molar-refractivity contribution in [2.75, 3.05) is 6.54 Å². The lowest BCUT2D eigenvalue weighted by Crippen LogP contribution is -2.33. The number of hydrogen-bond donors (Lipinski definition) is 1. The lowest BCUT2D eigenvalue weighted by atomic mass is 9.96. The fourth-order valence-electron chi connectivity index (χ4n) is 2.49. The smallest absolute Gasteiger partial charge is 0.0275 e. The summed E-state index contributed by atoms with van der Waals surface area (Å²) in [6, 6.07) is 0.557. The maximum atomic E-state index is 3.91. The fraction of sp³-hybridized carbons (Fsp3) is 0.833. The van der Waals surface area contributed by atoms with Crippen LogP contribution in [0.4, 0.5) is 0 Å². The van der Waals surface area contributed by atoms with Gasteiger partial charge in [-0.15, -0.1) is 6.58 Å². The van der Waals surface area contributed by atoms with E-state index in [9.17, 15) is 0 Å². The summed E-state index contributed by atoms with van der Waals surface area (Å²) in [5.41, 5.74) is 0. The van der Waals surface area contributed by atoms with Crippen LogP contribution in [-0.4, -0.2) is 12.6 Å². The number of rotatable bonds is 5. The normalized spacial score (nSPS) is 30.3. The molecule has 0 spiro atoms. The molecule has 0 saturated heterocycles.